The monoisotopic (exact) mass is 1230 g/mol. The highest BCUT2D eigenvalue weighted by atomic mass is 31.2. The fourth-order valence-electron chi connectivity index (χ4n) is 11.2. The summed E-state index contributed by atoms with van der Waals surface area (Å²) in [5.41, 5.74) is 0. The van der Waals surface area contributed by atoms with Crippen molar-refractivity contribution in [1.82, 2.24) is 5.32 Å². The maximum atomic E-state index is 13.6. The smallest absolute Gasteiger partial charge is 0.456 e. The minimum atomic E-state index is -4.46. The highest BCUT2D eigenvalue weighted by Gasteiger charge is 2.30. The van der Waals surface area contributed by atoms with Gasteiger partial charge in [-0.05, 0) is 70.3 Å². The maximum absolute atomic E-state index is 13.6. The van der Waals surface area contributed by atoms with Gasteiger partial charge in [-0.25, -0.2) is 4.57 Å². The Hall–Kier alpha value is -2.03. The lowest BCUT2D eigenvalue weighted by Gasteiger charge is -2.27. The molecule has 0 heterocycles. The molecular weight excluding hydrogens is 1080 g/mol. The minimum Gasteiger partial charge on any atom is -0.456 e. The third-order valence-corrected chi connectivity index (χ3v) is 18.0. The Morgan fingerprint density at radius 3 is 1.08 bits per heavy atom. The lowest BCUT2D eigenvalue weighted by atomic mass is 10.0. The van der Waals surface area contributed by atoms with E-state index in [-0.39, 0.29) is 25.1 Å². The first-order valence-corrected chi connectivity index (χ1v) is 39.0. The van der Waals surface area contributed by atoms with E-state index < -0.39 is 20.0 Å². The second-order valence-corrected chi connectivity index (χ2v) is 28.3. The molecule has 0 aliphatic carbocycles. The summed E-state index contributed by atoms with van der Waals surface area (Å²) >= 11 is 0. The second kappa shape index (κ2) is 65.9. The number of esters is 1. The predicted octanol–water partition coefficient (Wildman–Crippen LogP) is 24.0. The van der Waals surface area contributed by atoms with Gasteiger partial charge in [0.05, 0.1) is 33.8 Å². The van der Waals surface area contributed by atoms with Crippen molar-refractivity contribution in [3.63, 3.8) is 0 Å². The Kier molecular flexibility index (Phi) is 64.4. The number of phosphoric ester groups is 1. The number of quaternary nitrogens is 1. The zero-order chi connectivity index (χ0) is 62.8. The Bertz CT molecular complexity index is 1610. The summed E-state index contributed by atoms with van der Waals surface area (Å²) < 4.78 is 30.9. The van der Waals surface area contributed by atoms with Crippen LogP contribution in [0.4, 0.5) is 0 Å². The molecule has 0 saturated heterocycles. The molecule has 0 saturated carbocycles. The van der Waals surface area contributed by atoms with E-state index in [9.17, 15) is 19.0 Å². The van der Waals surface area contributed by atoms with Crippen LogP contribution >= 0.6 is 7.82 Å². The van der Waals surface area contributed by atoms with Crippen LogP contribution in [0.1, 0.15) is 374 Å². The zero-order valence-corrected chi connectivity index (χ0v) is 59.0. The number of amides is 1. The largest absolute Gasteiger partial charge is 0.472 e. The molecule has 0 aromatic carbocycles. The Morgan fingerprint density at radius 1 is 0.407 bits per heavy atom. The van der Waals surface area contributed by atoms with Gasteiger partial charge in [0.1, 0.15) is 19.3 Å². The molecule has 0 radical (unpaired) electrons. The van der Waals surface area contributed by atoms with Crippen molar-refractivity contribution in [2.75, 3.05) is 40.9 Å². The number of nitrogens with one attached hydrogen (secondary N) is 1. The van der Waals surface area contributed by atoms with Crippen molar-refractivity contribution in [2.24, 2.45) is 0 Å². The van der Waals surface area contributed by atoms with Crippen LogP contribution in [0.15, 0.2) is 48.6 Å². The van der Waals surface area contributed by atoms with Gasteiger partial charge in [0.25, 0.3) is 0 Å². The molecule has 0 spiro atoms. The molecular formula is C76H146N2O7P+. The molecule has 0 aliphatic rings. The van der Waals surface area contributed by atoms with Gasteiger partial charge < -0.3 is 19.4 Å². The van der Waals surface area contributed by atoms with Gasteiger partial charge in [0.15, 0.2) is 0 Å². The standard InChI is InChI=1S/C76H145N2O7P/c1-7-10-13-16-19-22-25-28-30-32-34-36-37-38-39-40-41-43-45-47-49-51-54-57-60-63-66-69-76(80)85-74(67-64-61-58-55-52-27-24-21-18-15-12-9-3)73(72-84-86(81,82)83-71-70-78(4,5)6)77-75(79)68-65-62-59-56-53-50-48-46-44-42-35-33-31-29-26-23-20-17-14-11-8-2/h20,23,29,31,35,42,64,67,73-74H,7-19,21-22,24-28,30,32-34,36-41,43-63,65-66,68-72H2,1-6H3,(H-,77,79,81,82)/p+1/b23-20-,31-29-,42-35-,67-64-. The van der Waals surface area contributed by atoms with Crippen LogP contribution in [-0.2, 0) is 27.9 Å². The number of carbonyl (C=O) groups is 2. The van der Waals surface area contributed by atoms with Crippen molar-refractivity contribution >= 4 is 19.7 Å². The number of likely N-dealkylation sites (N-methyl/N-ethyl adjacent to an activating group) is 1. The van der Waals surface area contributed by atoms with Crippen LogP contribution in [0.2, 0.25) is 0 Å². The van der Waals surface area contributed by atoms with E-state index in [4.69, 9.17) is 13.8 Å². The van der Waals surface area contributed by atoms with E-state index in [1.165, 1.54) is 257 Å². The first kappa shape index (κ1) is 84.0. The van der Waals surface area contributed by atoms with E-state index in [2.05, 4.69) is 62.5 Å². The van der Waals surface area contributed by atoms with Gasteiger partial charge in [-0.3, -0.25) is 18.6 Å². The van der Waals surface area contributed by atoms with Crippen molar-refractivity contribution in [2.45, 2.75) is 386 Å². The minimum absolute atomic E-state index is 0.0401. The third-order valence-electron chi connectivity index (χ3n) is 17.0. The fourth-order valence-corrected chi connectivity index (χ4v) is 12.0. The van der Waals surface area contributed by atoms with Gasteiger partial charge in [0.2, 0.25) is 5.91 Å². The molecule has 0 rings (SSSR count). The summed E-state index contributed by atoms with van der Waals surface area (Å²) in [4.78, 5) is 37.9. The lowest BCUT2D eigenvalue weighted by molar-refractivity contribution is -0.870. The van der Waals surface area contributed by atoms with Crippen LogP contribution in [0, 0.1) is 0 Å². The average Bonchev–Trinajstić information content (AvgIpc) is 3.66. The summed E-state index contributed by atoms with van der Waals surface area (Å²) in [6.45, 7) is 7.04. The summed E-state index contributed by atoms with van der Waals surface area (Å²) in [5.74, 6) is -0.495. The van der Waals surface area contributed by atoms with Gasteiger partial charge in [0, 0.05) is 12.8 Å². The Balaban J connectivity index is 4.97. The molecule has 0 aromatic heterocycles. The number of carbonyl (C=O) groups excluding carboxylic acids is 2. The average molecular weight is 1230 g/mol. The first-order chi connectivity index (χ1) is 41.9. The van der Waals surface area contributed by atoms with E-state index >= 15 is 0 Å². The molecule has 506 valence electrons. The maximum Gasteiger partial charge on any atom is 0.472 e. The molecule has 3 atom stereocenters. The SMILES string of the molecule is CCCCC/C=C\C/C=C\C/C=C\CCCCCCCCCCC(=O)NC(COP(=O)(O)OCC[N+](C)(C)C)C(/C=C\CCCCCCCCCCCC)OC(=O)CCCCCCCCCCCCCCCCCCCCCCCCCCCCC. The Labute approximate surface area is 535 Å². The van der Waals surface area contributed by atoms with Gasteiger partial charge in [-0.15, -0.1) is 0 Å². The van der Waals surface area contributed by atoms with E-state index in [0.717, 1.165) is 83.5 Å². The molecule has 2 N–H and O–H groups in total. The Morgan fingerprint density at radius 2 is 0.709 bits per heavy atom. The number of rotatable bonds is 69. The lowest BCUT2D eigenvalue weighted by Crippen LogP contribution is -2.47. The number of ether oxygens (including phenoxy) is 1. The molecule has 0 aliphatic heterocycles. The first-order valence-electron chi connectivity index (χ1n) is 37.5. The molecule has 10 heteroatoms. The quantitative estimate of drug-likeness (QED) is 0.0205. The highest BCUT2D eigenvalue weighted by molar-refractivity contribution is 7.47. The van der Waals surface area contributed by atoms with Gasteiger partial charge >= 0.3 is 13.8 Å². The summed E-state index contributed by atoms with van der Waals surface area (Å²) in [6, 6.07) is -0.852. The molecule has 9 nitrogen and oxygen atoms in total. The molecule has 3 unspecified atom stereocenters. The van der Waals surface area contributed by atoms with Gasteiger partial charge in [-0.1, -0.05) is 339 Å². The van der Waals surface area contributed by atoms with Crippen molar-refractivity contribution in [1.29, 1.82) is 0 Å². The summed E-state index contributed by atoms with van der Waals surface area (Å²) in [5, 5.41) is 3.07. The highest BCUT2D eigenvalue weighted by Crippen LogP contribution is 2.43. The zero-order valence-electron chi connectivity index (χ0n) is 58.1. The molecule has 86 heavy (non-hydrogen) atoms. The summed E-state index contributed by atoms with van der Waals surface area (Å²) in [7, 11) is 1.50. The summed E-state index contributed by atoms with van der Waals surface area (Å²) in [6.07, 6.45) is 84.2. The number of unbranched alkanes of at least 4 members (excludes halogenated alkanes) is 47. The number of phosphoric acid groups is 1. The van der Waals surface area contributed by atoms with Crippen LogP contribution in [-0.4, -0.2) is 74.3 Å². The van der Waals surface area contributed by atoms with Crippen molar-refractivity contribution < 1.29 is 37.3 Å². The van der Waals surface area contributed by atoms with E-state index in [0.29, 0.717) is 23.9 Å². The molecule has 0 aromatic rings. The van der Waals surface area contributed by atoms with E-state index in [1.807, 2.05) is 33.3 Å². The van der Waals surface area contributed by atoms with E-state index in [1.54, 1.807) is 0 Å². The molecule has 1 amide bonds. The number of hydrogen-bond donors (Lipinski definition) is 2. The topological polar surface area (TPSA) is 111 Å². The fraction of sp³-hybridized carbons (Fsp3) is 0.868. The van der Waals surface area contributed by atoms with Crippen LogP contribution < -0.4 is 5.32 Å². The third kappa shape index (κ3) is 66.4. The number of nitrogens with zero attached hydrogens (tertiary/aromatic N) is 1. The molecule has 0 bridgehead atoms. The number of allylic oxidation sites excluding steroid dienone is 7. The van der Waals surface area contributed by atoms with Gasteiger partial charge in [-0.2, -0.15) is 0 Å². The van der Waals surface area contributed by atoms with Crippen LogP contribution in [0.3, 0.4) is 0 Å². The van der Waals surface area contributed by atoms with Crippen molar-refractivity contribution in [3.8, 4) is 0 Å². The van der Waals surface area contributed by atoms with Crippen molar-refractivity contribution in [3.05, 3.63) is 48.6 Å². The number of hydrogen-bond acceptors (Lipinski definition) is 6. The predicted molar refractivity (Wildman–Crippen MR) is 374 cm³/mol. The second-order valence-electron chi connectivity index (χ2n) is 26.8. The molecule has 0 fully saturated rings. The normalized spacial score (nSPS) is 13.7. The van der Waals surface area contributed by atoms with Crippen LogP contribution in [0.25, 0.3) is 0 Å². The van der Waals surface area contributed by atoms with Crippen LogP contribution in [0.5, 0.6) is 0 Å².